The maximum Gasteiger partial charge on any atom is 0.490 e. The molecule has 0 aromatic heterocycles. The van der Waals surface area contributed by atoms with Crippen LogP contribution in [0.5, 0.6) is 0 Å². The molecule has 0 spiro atoms. The molecule has 0 aliphatic heterocycles. The Bertz CT molecular complexity index is 87.8. The summed E-state index contributed by atoms with van der Waals surface area (Å²) < 4.78 is 31.7. The van der Waals surface area contributed by atoms with E-state index < -0.39 is 12.1 Å². The normalized spacial score (nSPS) is 9.88. The summed E-state index contributed by atoms with van der Waals surface area (Å²) in [5, 5.41) is 7.12. The van der Waals surface area contributed by atoms with E-state index in [2.05, 4.69) is 0 Å². The molecule has 0 bridgehead atoms. The average Bonchev–Trinajstić information content (AvgIpc) is 1.31. The number of hydrogen-bond donors (Lipinski definition) is 1. The fraction of sp³-hybridized carbons (Fsp3) is 0.500. The van der Waals surface area contributed by atoms with Crippen molar-refractivity contribution in [3.05, 3.63) is 0 Å². The van der Waals surface area contributed by atoms with E-state index in [9.17, 15) is 13.2 Å². The van der Waals surface area contributed by atoms with Crippen LogP contribution in [0.4, 0.5) is 13.2 Å². The largest absolute Gasteiger partial charge is 0.490 e. The topological polar surface area (TPSA) is 37.3 Å². The maximum absolute atomic E-state index is 10.6. The molecule has 0 aromatic rings. The number of rotatable bonds is 0. The Kier molecular flexibility index (Phi) is 4.90. The number of hydrogen-bond acceptors (Lipinski definition) is 1. The van der Waals surface area contributed by atoms with Crippen molar-refractivity contribution >= 4 is 5.97 Å². The van der Waals surface area contributed by atoms with Gasteiger partial charge in [-0.15, -0.1) is 0 Å². The van der Waals surface area contributed by atoms with E-state index in [-0.39, 0.29) is 35.6 Å². The van der Waals surface area contributed by atoms with Gasteiger partial charge in [0, 0.05) is 35.6 Å². The number of carboxylic acid groups (broad SMARTS) is 1. The summed E-state index contributed by atoms with van der Waals surface area (Å²) in [5.41, 5.74) is 0. The van der Waals surface area contributed by atoms with Gasteiger partial charge in [0.25, 0.3) is 0 Å². The molecule has 1 radical (unpaired) electrons. The molecular weight excluding hydrogens is 252 g/mol. The van der Waals surface area contributed by atoms with Crippen LogP contribution in [0.1, 0.15) is 0 Å². The Hall–Kier alpha value is 0.455. The van der Waals surface area contributed by atoms with Crippen LogP contribution in [-0.4, -0.2) is 17.3 Å². The van der Waals surface area contributed by atoms with Crippen molar-refractivity contribution in [2.75, 3.05) is 0 Å². The van der Waals surface area contributed by atoms with Crippen molar-refractivity contribution in [2.45, 2.75) is 6.18 Å². The average molecular weight is 253 g/mol. The molecule has 0 aliphatic rings. The van der Waals surface area contributed by atoms with Gasteiger partial charge in [-0.1, -0.05) is 0 Å². The SMILES string of the molecule is O=C(O)C(F)(F)F.[La]. The minimum absolute atomic E-state index is 0. The van der Waals surface area contributed by atoms with E-state index in [0.717, 1.165) is 0 Å². The minimum atomic E-state index is -5.08. The van der Waals surface area contributed by atoms with Crippen LogP contribution >= 0.6 is 0 Å². The molecule has 0 aliphatic carbocycles. The van der Waals surface area contributed by atoms with Crippen molar-refractivity contribution in [3.8, 4) is 0 Å². The van der Waals surface area contributed by atoms with Gasteiger partial charge < -0.3 is 5.11 Å². The van der Waals surface area contributed by atoms with Gasteiger partial charge in [-0.25, -0.2) is 4.79 Å². The standard InChI is InChI=1S/C2HF3O2.La/c3-2(4,5)1(6)7;/h(H,6,7);. The number of carbonyl (C=O) groups is 1. The molecule has 0 aromatic carbocycles. The molecule has 0 fully saturated rings. The zero-order valence-corrected chi connectivity index (χ0v) is 7.19. The zero-order valence-electron chi connectivity index (χ0n) is 3.57. The Morgan fingerprint density at radius 3 is 1.50 bits per heavy atom. The van der Waals surface area contributed by atoms with Crippen molar-refractivity contribution in [1.29, 1.82) is 0 Å². The van der Waals surface area contributed by atoms with E-state index in [1.54, 1.807) is 0 Å². The van der Waals surface area contributed by atoms with E-state index >= 15 is 0 Å². The molecule has 45 valence electrons. The first kappa shape index (κ1) is 11.3. The Morgan fingerprint density at radius 2 is 1.50 bits per heavy atom. The first-order valence-corrected chi connectivity index (χ1v) is 1.24. The fourth-order valence-electron chi connectivity index (χ4n) is 0. The number of alkyl halides is 3. The van der Waals surface area contributed by atoms with Crippen molar-refractivity contribution in [1.82, 2.24) is 0 Å². The second kappa shape index (κ2) is 3.47. The van der Waals surface area contributed by atoms with Crippen LogP contribution in [0.3, 0.4) is 0 Å². The van der Waals surface area contributed by atoms with Gasteiger partial charge in [0.05, 0.1) is 0 Å². The molecule has 6 heteroatoms. The van der Waals surface area contributed by atoms with E-state index in [1.807, 2.05) is 0 Å². The maximum atomic E-state index is 10.6. The summed E-state index contributed by atoms with van der Waals surface area (Å²) in [6.45, 7) is 0. The van der Waals surface area contributed by atoms with Gasteiger partial charge in [-0.2, -0.15) is 13.2 Å². The monoisotopic (exact) mass is 253 g/mol. The van der Waals surface area contributed by atoms with Crippen LogP contribution in [0.15, 0.2) is 0 Å². The second-order valence-electron chi connectivity index (χ2n) is 0.803. The van der Waals surface area contributed by atoms with E-state index in [4.69, 9.17) is 9.90 Å². The van der Waals surface area contributed by atoms with Gasteiger partial charge in [0.1, 0.15) is 0 Å². The molecule has 0 rings (SSSR count). The molecule has 0 unspecified atom stereocenters. The summed E-state index contributed by atoms with van der Waals surface area (Å²) in [6, 6.07) is 0. The second-order valence-corrected chi connectivity index (χ2v) is 0.803. The van der Waals surface area contributed by atoms with Crippen molar-refractivity contribution in [2.24, 2.45) is 0 Å². The number of aliphatic carboxylic acids is 1. The third-order valence-electron chi connectivity index (χ3n) is 0.243. The van der Waals surface area contributed by atoms with Gasteiger partial charge in [-0.05, 0) is 0 Å². The molecule has 1 N–H and O–H groups in total. The molecule has 0 heterocycles. The quantitative estimate of drug-likeness (QED) is 0.687. The smallest absolute Gasteiger partial charge is 0.475 e. The van der Waals surface area contributed by atoms with E-state index in [1.165, 1.54) is 0 Å². The Labute approximate surface area is 70.7 Å². The third-order valence-corrected chi connectivity index (χ3v) is 0.243. The molecular formula is C2HF3LaO2. The minimum Gasteiger partial charge on any atom is -0.475 e. The Balaban J connectivity index is 0. The van der Waals surface area contributed by atoms with Crippen molar-refractivity contribution in [3.63, 3.8) is 0 Å². The van der Waals surface area contributed by atoms with Crippen LogP contribution in [-0.2, 0) is 4.79 Å². The van der Waals surface area contributed by atoms with Gasteiger partial charge >= 0.3 is 12.1 Å². The third kappa shape index (κ3) is 4.61. The van der Waals surface area contributed by atoms with E-state index in [0.29, 0.717) is 0 Å². The summed E-state index contributed by atoms with van der Waals surface area (Å²) in [7, 11) is 0. The first-order chi connectivity index (χ1) is 2.94. The van der Waals surface area contributed by atoms with Gasteiger partial charge in [0.15, 0.2) is 0 Å². The Morgan fingerprint density at radius 1 is 1.38 bits per heavy atom. The zero-order chi connectivity index (χ0) is 6.08. The molecule has 0 amide bonds. The molecule has 8 heavy (non-hydrogen) atoms. The summed E-state index contributed by atoms with van der Waals surface area (Å²) in [4.78, 5) is 8.90. The molecule has 0 atom stereocenters. The van der Waals surface area contributed by atoms with Crippen molar-refractivity contribution < 1.29 is 58.7 Å². The van der Waals surface area contributed by atoms with Crippen LogP contribution in [0.25, 0.3) is 0 Å². The summed E-state index contributed by atoms with van der Waals surface area (Å²) in [5.74, 6) is -2.76. The van der Waals surface area contributed by atoms with Gasteiger partial charge in [0.2, 0.25) is 0 Å². The number of halogens is 3. The predicted molar refractivity (Wildman–Crippen MR) is 13.7 cm³/mol. The first-order valence-electron chi connectivity index (χ1n) is 1.24. The molecule has 0 saturated carbocycles. The summed E-state index contributed by atoms with van der Waals surface area (Å²) >= 11 is 0. The van der Waals surface area contributed by atoms with Crippen LogP contribution in [0, 0.1) is 35.6 Å². The van der Waals surface area contributed by atoms with Crippen LogP contribution in [0.2, 0.25) is 0 Å². The fourth-order valence-corrected chi connectivity index (χ4v) is 0. The molecule has 2 nitrogen and oxygen atoms in total. The predicted octanol–water partition coefficient (Wildman–Crippen LogP) is 0.633. The molecule has 0 saturated heterocycles. The van der Waals surface area contributed by atoms with Gasteiger partial charge in [-0.3, -0.25) is 0 Å². The summed E-state index contributed by atoms with van der Waals surface area (Å²) in [6.07, 6.45) is -5.08. The number of carboxylic acids is 1. The van der Waals surface area contributed by atoms with Crippen LogP contribution < -0.4 is 0 Å².